The molecular formula is C15H21N3O2S. The Bertz CT molecular complexity index is 548. The Morgan fingerprint density at radius 2 is 2.33 bits per heavy atom. The van der Waals surface area contributed by atoms with Crippen molar-refractivity contribution in [2.45, 2.75) is 25.9 Å². The summed E-state index contributed by atoms with van der Waals surface area (Å²) in [5.74, 6) is 0.728. The molecule has 0 saturated carbocycles. The standard InChI is InChI=1S/C15H21N3O2S/c1-10(19)17-12-5-6-18(9-12)8-11-3-4-14(20-2)13(7-11)15(16)21/h3-4,7,12H,5-6,8-9H2,1-2H3,(H2,16,21)(H,17,19). The molecule has 1 saturated heterocycles. The van der Waals surface area contributed by atoms with Gasteiger partial charge in [0.2, 0.25) is 5.91 Å². The molecule has 0 bridgehead atoms. The van der Waals surface area contributed by atoms with E-state index in [0.717, 1.165) is 37.2 Å². The molecule has 1 amide bonds. The van der Waals surface area contributed by atoms with Crippen molar-refractivity contribution in [3.05, 3.63) is 29.3 Å². The highest BCUT2D eigenvalue weighted by Crippen LogP contribution is 2.22. The summed E-state index contributed by atoms with van der Waals surface area (Å²) in [5, 5.41) is 2.96. The van der Waals surface area contributed by atoms with Crippen molar-refractivity contribution in [3.8, 4) is 5.75 Å². The van der Waals surface area contributed by atoms with Gasteiger partial charge in [-0.25, -0.2) is 0 Å². The van der Waals surface area contributed by atoms with Gasteiger partial charge >= 0.3 is 0 Å². The van der Waals surface area contributed by atoms with E-state index >= 15 is 0 Å². The maximum absolute atomic E-state index is 11.1. The van der Waals surface area contributed by atoms with Crippen molar-refractivity contribution < 1.29 is 9.53 Å². The molecule has 0 radical (unpaired) electrons. The Hall–Kier alpha value is -1.66. The molecule has 6 heteroatoms. The molecule has 1 atom stereocenters. The van der Waals surface area contributed by atoms with Crippen LogP contribution in [0, 0.1) is 0 Å². The summed E-state index contributed by atoms with van der Waals surface area (Å²) < 4.78 is 5.26. The molecule has 0 aromatic heterocycles. The second-order valence-corrected chi connectivity index (χ2v) is 5.76. The summed E-state index contributed by atoms with van der Waals surface area (Å²) in [6.07, 6.45) is 0.984. The van der Waals surface area contributed by atoms with Gasteiger partial charge in [0.05, 0.1) is 12.7 Å². The van der Waals surface area contributed by atoms with E-state index in [0.29, 0.717) is 10.7 Å². The number of nitrogens with zero attached hydrogens (tertiary/aromatic N) is 1. The van der Waals surface area contributed by atoms with E-state index in [1.54, 1.807) is 14.0 Å². The summed E-state index contributed by atoms with van der Waals surface area (Å²) in [4.78, 5) is 13.7. The number of carbonyl (C=O) groups excluding carboxylic acids is 1. The number of rotatable bonds is 5. The first-order valence-electron chi connectivity index (χ1n) is 6.95. The van der Waals surface area contributed by atoms with Crippen molar-refractivity contribution >= 4 is 23.1 Å². The third-order valence-electron chi connectivity index (χ3n) is 3.62. The predicted octanol–water partition coefficient (Wildman–Crippen LogP) is 1.04. The van der Waals surface area contributed by atoms with Crippen LogP contribution >= 0.6 is 12.2 Å². The lowest BCUT2D eigenvalue weighted by Gasteiger charge is -2.17. The van der Waals surface area contributed by atoms with Crippen LogP contribution in [-0.2, 0) is 11.3 Å². The largest absolute Gasteiger partial charge is 0.496 e. The monoisotopic (exact) mass is 307 g/mol. The number of amides is 1. The van der Waals surface area contributed by atoms with Crippen LogP contribution in [0.4, 0.5) is 0 Å². The number of thiocarbonyl (C=S) groups is 1. The Labute approximate surface area is 130 Å². The van der Waals surface area contributed by atoms with Crippen LogP contribution in [0.2, 0.25) is 0 Å². The third kappa shape index (κ3) is 4.15. The van der Waals surface area contributed by atoms with E-state index in [1.807, 2.05) is 18.2 Å². The zero-order valence-electron chi connectivity index (χ0n) is 12.4. The summed E-state index contributed by atoms with van der Waals surface area (Å²) in [7, 11) is 1.61. The van der Waals surface area contributed by atoms with Gasteiger partial charge in [0.15, 0.2) is 0 Å². The number of nitrogens with two attached hydrogens (primary N) is 1. The second kappa shape index (κ2) is 6.87. The average Bonchev–Trinajstić information content (AvgIpc) is 2.85. The topological polar surface area (TPSA) is 67.6 Å². The van der Waals surface area contributed by atoms with Gasteiger partial charge < -0.3 is 15.8 Å². The van der Waals surface area contributed by atoms with E-state index in [1.165, 1.54) is 0 Å². The normalized spacial score (nSPS) is 18.5. The van der Waals surface area contributed by atoms with Crippen LogP contribution in [0.3, 0.4) is 0 Å². The van der Waals surface area contributed by atoms with Gasteiger partial charge in [-0.05, 0) is 24.1 Å². The SMILES string of the molecule is COc1ccc(CN2CCC(NC(C)=O)C2)cc1C(N)=S. The van der Waals surface area contributed by atoms with Crippen molar-refractivity contribution in [3.63, 3.8) is 0 Å². The molecule has 1 aliphatic heterocycles. The number of methoxy groups -OCH3 is 1. The number of nitrogens with one attached hydrogen (secondary N) is 1. The molecule has 1 aromatic rings. The van der Waals surface area contributed by atoms with Gasteiger partial charge in [-0.15, -0.1) is 0 Å². The van der Waals surface area contributed by atoms with E-state index in [4.69, 9.17) is 22.7 Å². The van der Waals surface area contributed by atoms with Gasteiger partial charge in [0, 0.05) is 32.6 Å². The van der Waals surface area contributed by atoms with Crippen LogP contribution in [0.15, 0.2) is 18.2 Å². The Morgan fingerprint density at radius 3 is 2.95 bits per heavy atom. The fourth-order valence-corrected chi connectivity index (χ4v) is 2.85. The van der Waals surface area contributed by atoms with Crippen molar-refractivity contribution in [2.75, 3.05) is 20.2 Å². The van der Waals surface area contributed by atoms with Crippen LogP contribution in [0.5, 0.6) is 5.75 Å². The molecule has 0 spiro atoms. The smallest absolute Gasteiger partial charge is 0.217 e. The lowest BCUT2D eigenvalue weighted by atomic mass is 10.1. The van der Waals surface area contributed by atoms with E-state index in [-0.39, 0.29) is 11.9 Å². The summed E-state index contributed by atoms with van der Waals surface area (Å²) in [5.41, 5.74) is 7.64. The highest BCUT2D eigenvalue weighted by Gasteiger charge is 2.23. The minimum atomic E-state index is 0.0297. The number of ether oxygens (including phenoxy) is 1. The van der Waals surface area contributed by atoms with Crippen molar-refractivity contribution in [1.82, 2.24) is 10.2 Å². The van der Waals surface area contributed by atoms with E-state index in [2.05, 4.69) is 10.2 Å². The second-order valence-electron chi connectivity index (χ2n) is 5.32. The molecule has 1 unspecified atom stereocenters. The van der Waals surface area contributed by atoms with Crippen molar-refractivity contribution in [1.29, 1.82) is 0 Å². The number of hydrogen-bond donors (Lipinski definition) is 2. The van der Waals surface area contributed by atoms with E-state index in [9.17, 15) is 4.79 Å². The highest BCUT2D eigenvalue weighted by atomic mass is 32.1. The van der Waals surface area contributed by atoms with Crippen LogP contribution in [0.1, 0.15) is 24.5 Å². The zero-order chi connectivity index (χ0) is 15.4. The summed E-state index contributed by atoms with van der Waals surface area (Å²) >= 11 is 5.06. The van der Waals surface area contributed by atoms with Gasteiger partial charge in [-0.2, -0.15) is 0 Å². The van der Waals surface area contributed by atoms with Gasteiger partial charge in [-0.1, -0.05) is 18.3 Å². The van der Waals surface area contributed by atoms with Gasteiger partial charge in [-0.3, -0.25) is 9.69 Å². The van der Waals surface area contributed by atoms with Crippen molar-refractivity contribution in [2.24, 2.45) is 5.73 Å². The molecule has 1 aliphatic rings. The molecule has 1 fully saturated rings. The van der Waals surface area contributed by atoms with E-state index < -0.39 is 0 Å². The Morgan fingerprint density at radius 1 is 1.57 bits per heavy atom. The first-order chi connectivity index (χ1) is 9.99. The first-order valence-corrected chi connectivity index (χ1v) is 7.36. The maximum Gasteiger partial charge on any atom is 0.217 e. The maximum atomic E-state index is 11.1. The molecule has 5 nitrogen and oxygen atoms in total. The lowest BCUT2D eigenvalue weighted by molar-refractivity contribution is -0.119. The van der Waals surface area contributed by atoms with Gasteiger partial charge in [0.25, 0.3) is 0 Å². The molecule has 1 heterocycles. The lowest BCUT2D eigenvalue weighted by Crippen LogP contribution is -2.35. The van der Waals surface area contributed by atoms with Crippen LogP contribution in [-0.4, -0.2) is 42.0 Å². The fourth-order valence-electron chi connectivity index (χ4n) is 2.69. The average molecular weight is 307 g/mol. The highest BCUT2D eigenvalue weighted by molar-refractivity contribution is 7.80. The summed E-state index contributed by atoms with van der Waals surface area (Å²) in [6.45, 7) is 4.21. The fraction of sp³-hybridized carbons (Fsp3) is 0.467. The number of hydrogen-bond acceptors (Lipinski definition) is 4. The molecule has 3 N–H and O–H groups in total. The van der Waals surface area contributed by atoms with Crippen LogP contribution in [0.25, 0.3) is 0 Å². The first kappa shape index (κ1) is 15.7. The third-order valence-corrected chi connectivity index (χ3v) is 3.84. The quantitative estimate of drug-likeness (QED) is 0.796. The molecule has 1 aromatic carbocycles. The Kier molecular flexibility index (Phi) is 5.14. The zero-order valence-corrected chi connectivity index (χ0v) is 13.2. The molecule has 2 rings (SSSR count). The predicted molar refractivity (Wildman–Crippen MR) is 86.4 cm³/mol. The van der Waals surface area contributed by atoms with Crippen LogP contribution < -0.4 is 15.8 Å². The van der Waals surface area contributed by atoms with Gasteiger partial charge in [0.1, 0.15) is 10.7 Å². The molecular weight excluding hydrogens is 286 g/mol. The Balaban J connectivity index is 2.02. The number of likely N-dealkylation sites (tertiary alicyclic amines) is 1. The summed E-state index contributed by atoms with van der Waals surface area (Å²) in [6, 6.07) is 6.14. The number of benzene rings is 1. The minimum absolute atomic E-state index is 0.0297. The minimum Gasteiger partial charge on any atom is -0.496 e. The molecule has 0 aliphatic carbocycles. The number of carbonyl (C=O) groups is 1. The molecule has 114 valence electrons. The molecule has 21 heavy (non-hydrogen) atoms.